The molecule has 266 valence electrons. The summed E-state index contributed by atoms with van der Waals surface area (Å²) < 4.78 is 7.25. The lowest BCUT2D eigenvalue weighted by atomic mass is 10.00. The van der Waals surface area contributed by atoms with E-state index in [1.54, 1.807) is 0 Å². The fourth-order valence-corrected chi connectivity index (χ4v) is 9.24. The molecule has 0 amide bonds. The molecule has 0 unspecified atom stereocenters. The Hall–Kier alpha value is -7.62. The van der Waals surface area contributed by atoms with Gasteiger partial charge in [0, 0.05) is 49.4 Å². The molecule has 3 nitrogen and oxygen atoms in total. The van der Waals surface area contributed by atoms with Crippen molar-refractivity contribution < 1.29 is 0 Å². The fraction of sp³-hybridized carbons (Fsp3) is 0. The van der Waals surface area contributed by atoms with Crippen LogP contribution < -0.4 is 0 Å². The molecule has 3 heterocycles. The van der Waals surface area contributed by atoms with Gasteiger partial charge < -0.3 is 13.7 Å². The average Bonchev–Trinajstić information content (AvgIpc) is 3.91. The van der Waals surface area contributed by atoms with Crippen molar-refractivity contribution in [2.45, 2.75) is 0 Å². The molecule has 0 saturated heterocycles. The van der Waals surface area contributed by atoms with E-state index in [9.17, 15) is 0 Å². The van der Waals surface area contributed by atoms with Crippen LogP contribution in [0.2, 0.25) is 0 Å². The molecule has 0 spiro atoms. The van der Waals surface area contributed by atoms with Crippen molar-refractivity contribution in [2.24, 2.45) is 0 Å². The largest absolute Gasteiger partial charge is 0.309 e. The first kappa shape index (κ1) is 31.7. The predicted octanol–water partition coefficient (Wildman–Crippen LogP) is 14.3. The zero-order chi connectivity index (χ0) is 37.5. The topological polar surface area (TPSA) is 14.8 Å². The minimum atomic E-state index is 1.16. The molecule has 0 bridgehead atoms. The Labute approximate surface area is 329 Å². The lowest BCUT2D eigenvalue weighted by Gasteiger charge is -2.10. The fourth-order valence-electron chi connectivity index (χ4n) is 9.24. The van der Waals surface area contributed by atoms with E-state index < -0.39 is 0 Å². The summed E-state index contributed by atoms with van der Waals surface area (Å²) in [6.45, 7) is 0. The molecule has 0 radical (unpaired) electrons. The van der Waals surface area contributed by atoms with Crippen molar-refractivity contribution in [1.82, 2.24) is 13.7 Å². The second-order valence-electron chi connectivity index (χ2n) is 15.0. The van der Waals surface area contributed by atoms with Gasteiger partial charge in [0.05, 0.1) is 33.1 Å². The lowest BCUT2D eigenvalue weighted by molar-refractivity contribution is 1.17. The number of hydrogen-bond donors (Lipinski definition) is 0. The van der Waals surface area contributed by atoms with Crippen LogP contribution in [0.3, 0.4) is 0 Å². The standard InChI is InChI=1S/C54H35N3/c1-4-14-36(15-5-1)37-24-28-42(29-25-37)55-49-22-12-10-20-43(49)45-32-38(26-30-51(45)55)39-27-31-52-46(33-39)48-35-53-47(34-54(48)57(52)41-18-8-3-9-19-41)44-21-11-13-23-50(44)56(53)40-16-6-2-7-17-40/h1-35H. The van der Waals surface area contributed by atoms with E-state index in [0.717, 1.165) is 17.1 Å². The molecular weight excluding hydrogens is 691 g/mol. The van der Waals surface area contributed by atoms with Crippen LogP contribution >= 0.6 is 0 Å². The Morgan fingerprint density at radius 3 is 1.05 bits per heavy atom. The van der Waals surface area contributed by atoms with Crippen molar-refractivity contribution in [3.05, 3.63) is 212 Å². The maximum absolute atomic E-state index is 2.43. The van der Waals surface area contributed by atoms with Crippen molar-refractivity contribution in [1.29, 1.82) is 0 Å². The van der Waals surface area contributed by atoms with Crippen LogP contribution in [0.1, 0.15) is 0 Å². The Kier molecular flexibility index (Phi) is 6.93. The SMILES string of the molecule is c1ccc(-c2ccc(-n3c4ccccc4c4cc(-c5ccc6c(c5)c5cc7c(cc5n6-c5ccccc5)c5ccccc5n7-c5ccccc5)ccc43)cc2)cc1. The highest BCUT2D eigenvalue weighted by Crippen LogP contribution is 2.42. The minimum Gasteiger partial charge on any atom is -0.309 e. The number of fused-ring (bicyclic) bond motifs is 9. The quantitative estimate of drug-likeness (QED) is 0.168. The summed E-state index contributed by atoms with van der Waals surface area (Å²) in [5, 5.41) is 7.47. The van der Waals surface area contributed by atoms with Crippen molar-refractivity contribution in [3.8, 4) is 39.3 Å². The van der Waals surface area contributed by atoms with Crippen LogP contribution in [0.5, 0.6) is 0 Å². The summed E-state index contributed by atoms with van der Waals surface area (Å²) in [7, 11) is 0. The molecule has 3 aromatic heterocycles. The first-order valence-electron chi connectivity index (χ1n) is 19.6. The van der Waals surface area contributed by atoms with Gasteiger partial charge in [-0.1, -0.05) is 127 Å². The lowest BCUT2D eigenvalue weighted by Crippen LogP contribution is -1.94. The Balaban J connectivity index is 1.07. The molecule has 3 heteroatoms. The van der Waals surface area contributed by atoms with Gasteiger partial charge in [-0.25, -0.2) is 0 Å². The van der Waals surface area contributed by atoms with E-state index in [2.05, 4.69) is 226 Å². The summed E-state index contributed by atoms with van der Waals surface area (Å²) in [5.41, 5.74) is 15.5. The van der Waals surface area contributed by atoms with Gasteiger partial charge in [-0.3, -0.25) is 0 Å². The van der Waals surface area contributed by atoms with Gasteiger partial charge in [0.15, 0.2) is 0 Å². The highest BCUT2D eigenvalue weighted by Gasteiger charge is 2.20. The van der Waals surface area contributed by atoms with Gasteiger partial charge >= 0.3 is 0 Å². The van der Waals surface area contributed by atoms with Crippen molar-refractivity contribution >= 4 is 65.4 Å². The average molecular weight is 726 g/mol. The van der Waals surface area contributed by atoms with E-state index in [4.69, 9.17) is 0 Å². The summed E-state index contributed by atoms with van der Waals surface area (Å²) in [4.78, 5) is 0. The zero-order valence-electron chi connectivity index (χ0n) is 31.0. The Morgan fingerprint density at radius 2 is 0.526 bits per heavy atom. The summed E-state index contributed by atoms with van der Waals surface area (Å²) >= 11 is 0. The Bertz CT molecular complexity index is 3480. The van der Waals surface area contributed by atoms with Gasteiger partial charge in [0.25, 0.3) is 0 Å². The highest BCUT2D eigenvalue weighted by atomic mass is 15.0. The first-order valence-corrected chi connectivity index (χ1v) is 19.6. The maximum Gasteiger partial charge on any atom is 0.0548 e. The van der Waals surface area contributed by atoms with Gasteiger partial charge in [-0.05, 0) is 107 Å². The Morgan fingerprint density at radius 1 is 0.193 bits per heavy atom. The third-order valence-electron chi connectivity index (χ3n) is 11.8. The number of aromatic nitrogens is 3. The number of nitrogens with zero attached hydrogens (tertiary/aromatic N) is 3. The molecule has 0 aliphatic rings. The maximum atomic E-state index is 2.43. The number of hydrogen-bond acceptors (Lipinski definition) is 0. The first-order chi connectivity index (χ1) is 28.3. The molecule has 12 rings (SSSR count). The van der Waals surface area contributed by atoms with Crippen LogP contribution in [-0.2, 0) is 0 Å². The molecular formula is C54H35N3. The van der Waals surface area contributed by atoms with Crippen molar-refractivity contribution in [3.63, 3.8) is 0 Å². The van der Waals surface area contributed by atoms with Crippen LogP contribution in [0.4, 0.5) is 0 Å². The molecule has 57 heavy (non-hydrogen) atoms. The van der Waals surface area contributed by atoms with E-state index in [-0.39, 0.29) is 0 Å². The van der Waals surface area contributed by atoms with E-state index in [1.807, 2.05) is 0 Å². The van der Waals surface area contributed by atoms with Gasteiger partial charge in [-0.2, -0.15) is 0 Å². The smallest absolute Gasteiger partial charge is 0.0548 e. The zero-order valence-corrected chi connectivity index (χ0v) is 31.0. The summed E-state index contributed by atoms with van der Waals surface area (Å²) in [5.74, 6) is 0. The number of benzene rings is 9. The molecule has 0 fully saturated rings. The predicted molar refractivity (Wildman–Crippen MR) is 240 cm³/mol. The number of rotatable bonds is 5. The monoisotopic (exact) mass is 725 g/mol. The van der Waals surface area contributed by atoms with Crippen LogP contribution in [0, 0.1) is 0 Å². The van der Waals surface area contributed by atoms with E-state index in [1.165, 1.54) is 87.7 Å². The third-order valence-corrected chi connectivity index (χ3v) is 11.8. The van der Waals surface area contributed by atoms with E-state index in [0.29, 0.717) is 0 Å². The normalized spacial score (nSPS) is 11.9. The molecule has 12 aromatic rings. The van der Waals surface area contributed by atoms with Crippen LogP contribution in [-0.4, -0.2) is 13.7 Å². The second-order valence-corrected chi connectivity index (χ2v) is 15.0. The third kappa shape index (κ3) is 4.86. The van der Waals surface area contributed by atoms with Crippen LogP contribution in [0.25, 0.3) is 105 Å². The second kappa shape index (κ2) is 12.5. The highest BCUT2D eigenvalue weighted by molar-refractivity contribution is 6.19. The molecule has 0 saturated carbocycles. The van der Waals surface area contributed by atoms with Gasteiger partial charge in [0.1, 0.15) is 0 Å². The summed E-state index contributed by atoms with van der Waals surface area (Å²) in [6, 6.07) is 77.4. The molecule has 0 aliphatic carbocycles. The molecule has 0 atom stereocenters. The van der Waals surface area contributed by atoms with Gasteiger partial charge in [-0.15, -0.1) is 0 Å². The minimum absolute atomic E-state index is 1.16. The molecule has 0 N–H and O–H groups in total. The van der Waals surface area contributed by atoms with E-state index >= 15 is 0 Å². The van der Waals surface area contributed by atoms with Crippen LogP contribution in [0.15, 0.2) is 212 Å². The molecule has 9 aromatic carbocycles. The van der Waals surface area contributed by atoms with Crippen molar-refractivity contribution in [2.75, 3.05) is 0 Å². The van der Waals surface area contributed by atoms with Gasteiger partial charge in [0.2, 0.25) is 0 Å². The summed E-state index contributed by atoms with van der Waals surface area (Å²) in [6.07, 6.45) is 0. The number of para-hydroxylation sites is 4. The molecule has 0 aliphatic heterocycles.